The summed E-state index contributed by atoms with van der Waals surface area (Å²) in [6.07, 6.45) is 1.92. The fraction of sp³-hybridized carbons (Fsp3) is 0.0588. The van der Waals surface area contributed by atoms with Crippen LogP contribution in [0.15, 0.2) is 54.7 Å². The number of non-ortho nitro benzene ring substituents is 1. The number of nitro benzene ring substituents is 1. The molecule has 0 aliphatic carbocycles. The Morgan fingerprint density at radius 2 is 1.70 bits per heavy atom. The number of benzene rings is 2. The van der Waals surface area contributed by atoms with Crippen LogP contribution in [0.1, 0.15) is 5.56 Å². The number of nitro groups is 1. The van der Waals surface area contributed by atoms with E-state index in [1.54, 1.807) is 12.1 Å². The van der Waals surface area contributed by atoms with Crippen LogP contribution in [-0.2, 0) is 0 Å². The molecule has 27 heavy (non-hydrogen) atoms. The van der Waals surface area contributed by atoms with Crippen molar-refractivity contribution in [2.75, 3.05) is 0 Å². The Hall–Kier alpha value is -1.78. The quantitative estimate of drug-likeness (QED) is 0.175. The molecule has 0 spiro atoms. The molecule has 0 aliphatic heterocycles. The van der Waals surface area contributed by atoms with Gasteiger partial charge in [-0.25, -0.2) is 9.97 Å². The van der Waals surface area contributed by atoms with Gasteiger partial charge in [-0.05, 0) is 42.8 Å². The number of hydrogen-bond donors (Lipinski definition) is 0. The highest BCUT2D eigenvalue weighted by Gasteiger charge is 2.09. The van der Waals surface area contributed by atoms with Crippen molar-refractivity contribution in [3.8, 4) is 11.3 Å². The molecule has 4 rings (SSSR count). The largest absolute Gasteiger partial charge is 0.369 e. The lowest BCUT2D eigenvalue weighted by molar-refractivity contribution is -0.384. The molecule has 0 saturated carbocycles. The molecule has 2 heterocycles. The van der Waals surface area contributed by atoms with Gasteiger partial charge >= 0.3 is 3.18 Å². The van der Waals surface area contributed by atoms with E-state index in [-0.39, 0.29) is 8.87 Å². The summed E-state index contributed by atoms with van der Waals surface area (Å²) in [5.74, 6) is 0.612. The maximum Gasteiger partial charge on any atom is 0.369 e. The topological polar surface area (TPSA) is 73.3 Å². The lowest BCUT2D eigenvalue weighted by Gasteiger charge is -2.01. The number of nitrogens with zero attached hydrogens (tertiary/aromatic N) is 4. The van der Waals surface area contributed by atoms with Crippen molar-refractivity contribution >= 4 is 73.0 Å². The van der Waals surface area contributed by atoms with Crippen molar-refractivity contribution in [2.24, 2.45) is 0 Å². The van der Waals surface area contributed by atoms with Gasteiger partial charge in [0.05, 0.1) is 21.7 Å². The molecule has 0 fully saturated rings. The molecule has 0 radical (unpaired) electrons. The van der Waals surface area contributed by atoms with E-state index in [2.05, 4.69) is 57.2 Å². The zero-order valence-electron chi connectivity index (χ0n) is 14.0. The molecule has 0 unspecified atom stereocenters. The van der Waals surface area contributed by atoms with Crippen molar-refractivity contribution in [3.63, 3.8) is 0 Å². The van der Waals surface area contributed by atoms with Crippen LogP contribution in [0.25, 0.3) is 28.1 Å². The van der Waals surface area contributed by atoms with E-state index in [1.807, 2.05) is 41.8 Å². The van der Waals surface area contributed by atoms with Crippen molar-refractivity contribution in [1.82, 2.24) is 14.4 Å². The summed E-state index contributed by atoms with van der Waals surface area (Å²) in [7, 11) is 0. The maximum atomic E-state index is 10.7. The molecule has 0 aliphatic rings. The fourth-order valence-corrected chi connectivity index (χ4v) is 2.63. The van der Waals surface area contributed by atoms with Gasteiger partial charge in [0, 0.05) is 23.9 Å². The van der Waals surface area contributed by atoms with Crippen LogP contribution in [0.3, 0.4) is 0 Å². The zero-order chi connectivity index (χ0) is 19.6. The molecule has 10 heteroatoms. The van der Waals surface area contributed by atoms with Crippen molar-refractivity contribution in [3.05, 3.63) is 70.4 Å². The summed E-state index contributed by atoms with van der Waals surface area (Å²) in [5.41, 5.74) is 4.68. The first-order valence-electron chi connectivity index (χ1n) is 7.77. The summed E-state index contributed by atoms with van der Waals surface area (Å²) in [4.78, 5) is 19.4. The average Bonchev–Trinajstić information content (AvgIpc) is 2.97. The van der Waals surface area contributed by atoms with Crippen LogP contribution < -0.4 is 0 Å². The number of fused-ring (bicyclic) bond motifs is 3. The Bertz CT molecular complexity index is 1110. The summed E-state index contributed by atoms with van der Waals surface area (Å²) in [6.45, 7) is 2.03. The molecule has 0 bridgehead atoms. The number of hydrogen-bond acceptors (Lipinski definition) is 4. The van der Waals surface area contributed by atoms with Crippen LogP contribution in [0.4, 0.5) is 5.69 Å². The van der Waals surface area contributed by atoms with Crippen LogP contribution in [0, 0.1) is 17.0 Å². The first-order valence-corrected chi connectivity index (χ1v) is 10.5. The van der Waals surface area contributed by atoms with E-state index < -0.39 is 4.92 Å². The molecule has 0 amide bonds. The predicted molar refractivity (Wildman–Crippen MR) is 120 cm³/mol. The Balaban J connectivity index is 0.000000481. The predicted octanol–water partition coefficient (Wildman–Crippen LogP) is 5.92. The van der Waals surface area contributed by atoms with Gasteiger partial charge in [-0.15, -0.1) is 47.3 Å². The van der Waals surface area contributed by atoms with Gasteiger partial charge < -0.3 is 0 Å². The van der Waals surface area contributed by atoms with Gasteiger partial charge in [0.2, 0.25) is 5.78 Å². The highest BCUT2D eigenvalue weighted by molar-refractivity contribution is 9.69. The molecule has 136 valence electrons. The highest BCUT2D eigenvalue weighted by Crippen LogP contribution is 2.23. The molecule has 0 saturated heterocycles. The van der Waals surface area contributed by atoms with Crippen LogP contribution in [0.2, 0.25) is 0 Å². The van der Waals surface area contributed by atoms with Crippen molar-refractivity contribution in [2.45, 2.75) is 6.92 Å². The van der Waals surface area contributed by atoms with Gasteiger partial charge in [-0.3, -0.25) is 14.5 Å². The molecule has 0 N–H and O–H groups in total. The summed E-state index contributed by atoms with van der Waals surface area (Å²) < 4.78 is 2.21. The number of imidazole rings is 1. The standard InChI is InChI=1S/C17H12N4O2.BBr3/c1-11-2-7-16-15(10-11)19-17-18-14(8-9-20(16)17)12-3-5-13(6-4-12)21(22)23;2-1(3)4/h2-10H,1H3;. The average molecular weight is 555 g/mol. The third kappa shape index (κ3) is 4.74. The van der Waals surface area contributed by atoms with Crippen LogP contribution in [0.5, 0.6) is 0 Å². The smallest absolute Gasteiger partial charge is 0.284 e. The number of rotatable bonds is 2. The second-order valence-corrected chi connectivity index (χ2v) is 12.1. The minimum Gasteiger partial charge on any atom is -0.284 e. The minimum absolute atomic E-state index is 0.0665. The van der Waals surface area contributed by atoms with Crippen LogP contribution in [-0.4, -0.2) is 22.5 Å². The van der Waals surface area contributed by atoms with E-state index in [0.29, 0.717) is 5.78 Å². The van der Waals surface area contributed by atoms with Gasteiger partial charge in [0.1, 0.15) is 0 Å². The molecule has 0 atom stereocenters. The summed E-state index contributed by atoms with van der Waals surface area (Å²) in [5, 5.41) is 10.7. The van der Waals surface area contributed by atoms with E-state index in [1.165, 1.54) is 12.1 Å². The summed E-state index contributed by atoms with van der Waals surface area (Å²) >= 11 is 9.31. The lowest BCUT2D eigenvalue weighted by atomic mass is 10.1. The Morgan fingerprint density at radius 1 is 1.04 bits per heavy atom. The SMILES string of the molecule is BrB(Br)Br.Cc1ccc2c(c1)nc1nc(-c3ccc([N+](=O)[O-])cc3)ccn12. The molecule has 2 aromatic heterocycles. The van der Waals surface area contributed by atoms with Gasteiger partial charge in [0.25, 0.3) is 5.69 Å². The normalized spacial score (nSPS) is 10.5. The first kappa shape index (κ1) is 20.0. The molecule has 4 aromatic rings. The van der Waals surface area contributed by atoms with Gasteiger partial charge in [-0.1, -0.05) is 6.07 Å². The van der Waals surface area contributed by atoms with E-state index in [9.17, 15) is 10.1 Å². The van der Waals surface area contributed by atoms with E-state index in [0.717, 1.165) is 27.9 Å². The number of aryl methyl sites for hydroxylation is 1. The number of aromatic nitrogens is 3. The Kier molecular flexibility index (Phi) is 6.28. The molecule has 2 aromatic carbocycles. The minimum atomic E-state index is -0.413. The summed E-state index contributed by atoms with van der Waals surface area (Å²) in [6, 6.07) is 14.3. The van der Waals surface area contributed by atoms with Crippen molar-refractivity contribution in [1.29, 1.82) is 0 Å². The van der Waals surface area contributed by atoms with Crippen LogP contribution >= 0.6 is 47.3 Å². The monoisotopic (exact) mass is 552 g/mol. The van der Waals surface area contributed by atoms with E-state index >= 15 is 0 Å². The zero-order valence-corrected chi connectivity index (χ0v) is 18.8. The molecular formula is C17H12BBr3N4O2. The molecular weight excluding hydrogens is 543 g/mol. The third-order valence-electron chi connectivity index (χ3n) is 3.80. The maximum absolute atomic E-state index is 10.7. The Labute approximate surface area is 180 Å². The lowest BCUT2D eigenvalue weighted by Crippen LogP contribution is -1.92. The second-order valence-electron chi connectivity index (χ2n) is 5.64. The van der Waals surface area contributed by atoms with Crippen molar-refractivity contribution < 1.29 is 4.92 Å². The van der Waals surface area contributed by atoms with E-state index in [4.69, 9.17) is 0 Å². The Morgan fingerprint density at radius 3 is 2.33 bits per heavy atom. The second kappa shape index (κ2) is 8.49. The fourth-order valence-electron chi connectivity index (χ4n) is 2.63. The van der Waals surface area contributed by atoms with Gasteiger partial charge in [-0.2, -0.15) is 0 Å². The molecule has 6 nitrogen and oxygen atoms in total. The third-order valence-corrected chi connectivity index (χ3v) is 3.80. The van der Waals surface area contributed by atoms with Gasteiger partial charge in [0.15, 0.2) is 0 Å². The first-order chi connectivity index (χ1) is 12.8. The number of halogens is 3. The highest BCUT2D eigenvalue weighted by atomic mass is 79.9.